The van der Waals surface area contributed by atoms with Crippen LogP contribution < -0.4 is 5.32 Å². The molecule has 1 aromatic rings. The van der Waals surface area contributed by atoms with Gasteiger partial charge >= 0.3 is 0 Å². The van der Waals surface area contributed by atoms with E-state index in [-0.39, 0.29) is 12.1 Å². The first-order valence-corrected chi connectivity index (χ1v) is 8.09. The number of nitrogens with one attached hydrogen (secondary N) is 1. The summed E-state index contributed by atoms with van der Waals surface area (Å²) in [6, 6.07) is 0.660. The molecule has 1 aromatic heterocycles. The molecule has 2 rings (SSSR count). The second kappa shape index (κ2) is 6.72. The van der Waals surface area contributed by atoms with Crippen LogP contribution in [0.15, 0.2) is 0 Å². The Morgan fingerprint density at radius 1 is 1.30 bits per heavy atom. The van der Waals surface area contributed by atoms with Gasteiger partial charge in [-0.2, -0.15) is 5.10 Å². The van der Waals surface area contributed by atoms with Crippen molar-refractivity contribution >= 4 is 0 Å². The molecule has 4 nitrogen and oxygen atoms in total. The molecule has 1 saturated carbocycles. The van der Waals surface area contributed by atoms with Gasteiger partial charge in [0.25, 0.3) is 0 Å². The highest BCUT2D eigenvalue weighted by Crippen LogP contribution is 2.32. The van der Waals surface area contributed by atoms with Crippen LogP contribution in [0.25, 0.3) is 0 Å². The predicted octanol–water partition coefficient (Wildman–Crippen LogP) is 2.59. The van der Waals surface area contributed by atoms with Crippen molar-refractivity contribution in [3.63, 3.8) is 0 Å². The van der Waals surface area contributed by atoms with Crippen molar-refractivity contribution < 1.29 is 5.11 Å². The van der Waals surface area contributed by atoms with E-state index in [2.05, 4.69) is 37.7 Å². The van der Waals surface area contributed by atoms with Gasteiger partial charge in [-0.25, -0.2) is 0 Å². The highest BCUT2D eigenvalue weighted by atomic mass is 16.3. The third-order valence-electron chi connectivity index (χ3n) is 4.32. The van der Waals surface area contributed by atoms with E-state index in [9.17, 15) is 5.11 Å². The molecule has 0 saturated heterocycles. The lowest BCUT2D eigenvalue weighted by molar-refractivity contribution is 0.128. The average molecular weight is 279 g/mol. The Balaban J connectivity index is 2.32. The Morgan fingerprint density at radius 3 is 2.55 bits per heavy atom. The van der Waals surface area contributed by atoms with Gasteiger partial charge in [0, 0.05) is 23.8 Å². The Morgan fingerprint density at radius 2 is 2.05 bits per heavy atom. The number of aromatic nitrogens is 2. The Kier molecular flexibility index (Phi) is 5.22. The van der Waals surface area contributed by atoms with Crippen LogP contribution in [-0.2, 0) is 19.4 Å². The molecule has 20 heavy (non-hydrogen) atoms. The minimum absolute atomic E-state index is 0.183. The van der Waals surface area contributed by atoms with Gasteiger partial charge in [-0.05, 0) is 32.1 Å². The van der Waals surface area contributed by atoms with Crippen LogP contribution in [0, 0.1) is 0 Å². The largest absolute Gasteiger partial charge is 0.391 e. The molecular formula is C16H29N3O. The zero-order valence-electron chi connectivity index (χ0n) is 13.3. The smallest absolute Gasteiger partial charge is 0.0781 e. The van der Waals surface area contributed by atoms with Crippen molar-refractivity contribution in [3.8, 4) is 0 Å². The zero-order chi connectivity index (χ0) is 14.7. The normalized spacial score (nSPS) is 22.9. The molecule has 114 valence electrons. The monoisotopic (exact) mass is 279 g/mol. The maximum absolute atomic E-state index is 10.2. The number of hydrogen-bond acceptors (Lipinski definition) is 3. The van der Waals surface area contributed by atoms with E-state index >= 15 is 0 Å². The summed E-state index contributed by atoms with van der Waals surface area (Å²) in [6.07, 6.45) is 4.78. The molecule has 1 heterocycles. The number of aryl methyl sites for hydroxylation is 1. The van der Waals surface area contributed by atoms with Crippen LogP contribution in [0.2, 0.25) is 0 Å². The first-order chi connectivity index (χ1) is 9.58. The van der Waals surface area contributed by atoms with E-state index < -0.39 is 0 Å². The highest BCUT2D eigenvalue weighted by molar-refractivity contribution is 5.27. The standard InChI is InChI=1S/C16H29N3O/c1-5-13-12(10-17-11(3)4)14(6-2)19(18-13)15-8-7-9-16(15)20/h11,15-17,20H,5-10H2,1-4H3. The second-order valence-electron chi connectivity index (χ2n) is 6.12. The third kappa shape index (κ3) is 3.07. The minimum atomic E-state index is -0.226. The number of aliphatic hydroxyl groups is 1. The van der Waals surface area contributed by atoms with Crippen LogP contribution in [0.4, 0.5) is 0 Å². The predicted molar refractivity (Wildman–Crippen MR) is 81.9 cm³/mol. The molecule has 2 atom stereocenters. The lowest BCUT2D eigenvalue weighted by Gasteiger charge is -2.18. The van der Waals surface area contributed by atoms with Crippen LogP contribution in [0.3, 0.4) is 0 Å². The van der Waals surface area contributed by atoms with E-state index in [1.807, 2.05) is 0 Å². The maximum Gasteiger partial charge on any atom is 0.0781 e. The Labute approximate surface area is 122 Å². The summed E-state index contributed by atoms with van der Waals surface area (Å²) in [5.41, 5.74) is 3.85. The molecule has 4 heteroatoms. The quantitative estimate of drug-likeness (QED) is 0.841. The summed E-state index contributed by atoms with van der Waals surface area (Å²) in [5.74, 6) is 0. The molecule has 0 aliphatic heterocycles. The summed E-state index contributed by atoms with van der Waals surface area (Å²) in [4.78, 5) is 0. The topological polar surface area (TPSA) is 50.1 Å². The van der Waals surface area contributed by atoms with Gasteiger partial charge in [-0.1, -0.05) is 27.7 Å². The van der Waals surface area contributed by atoms with E-state index in [0.29, 0.717) is 6.04 Å². The fourth-order valence-electron chi connectivity index (χ4n) is 3.21. The molecule has 2 N–H and O–H groups in total. The van der Waals surface area contributed by atoms with Crippen molar-refractivity contribution in [2.24, 2.45) is 0 Å². The molecule has 0 radical (unpaired) electrons. The van der Waals surface area contributed by atoms with Crippen LogP contribution in [-0.4, -0.2) is 27.0 Å². The zero-order valence-corrected chi connectivity index (χ0v) is 13.3. The molecule has 0 aromatic carbocycles. The van der Waals surface area contributed by atoms with Crippen LogP contribution in [0.1, 0.15) is 70.0 Å². The van der Waals surface area contributed by atoms with E-state index in [0.717, 1.165) is 38.6 Å². The fourth-order valence-corrected chi connectivity index (χ4v) is 3.21. The van der Waals surface area contributed by atoms with Gasteiger partial charge in [0.05, 0.1) is 17.8 Å². The molecule has 0 spiro atoms. The molecular weight excluding hydrogens is 250 g/mol. The van der Waals surface area contributed by atoms with Crippen LogP contribution >= 0.6 is 0 Å². The van der Waals surface area contributed by atoms with Gasteiger partial charge in [-0.15, -0.1) is 0 Å². The lowest BCUT2D eigenvalue weighted by Crippen LogP contribution is -2.24. The number of hydrogen-bond donors (Lipinski definition) is 2. The highest BCUT2D eigenvalue weighted by Gasteiger charge is 2.30. The summed E-state index contributed by atoms with van der Waals surface area (Å²) < 4.78 is 2.13. The first kappa shape index (κ1) is 15.5. The van der Waals surface area contributed by atoms with Gasteiger partial charge < -0.3 is 10.4 Å². The minimum Gasteiger partial charge on any atom is -0.391 e. The first-order valence-electron chi connectivity index (χ1n) is 8.09. The van der Waals surface area contributed by atoms with Crippen molar-refractivity contribution in [2.45, 2.75) is 84.5 Å². The van der Waals surface area contributed by atoms with Gasteiger partial charge in [0.2, 0.25) is 0 Å². The summed E-state index contributed by atoms with van der Waals surface area (Å²) in [6.45, 7) is 9.57. The van der Waals surface area contributed by atoms with Crippen molar-refractivity contribution in [1.82, 2.24) is 15.1 Å². The van der Waals surface area contributed by atoms with Crippen LogP contribution in [0.5, 0.6) is 0 Å². The van der Waals surface area contributed by atoms with Gasteiger partial charge in [0.1, 0.15) is 0 Å². The number of rotatable bonds is 6. The molecule has 1 aliphatic rings. The van der Waals surface area contributed by atoms with E-state index in [4.69, 9.17) is 5.10 Å². The molecule has 0 bridgehead atoms. The Bertz CT molecular complexity index is 439. The average Bonchev–Trinajstić information content (AvgIpc) is 2.98. The van der Waals surface area contributed by atoms with Gasteiger partial charge in [0.15, 0.2) is 0 Å². The summed E-state index contributed by atoms with van der Waals surface area (Å²) in [7, 11) is 0. The Hall–Kier alpha value is -0.870. The SMILES string of the molecule is CCc1nn(C2CCCC2O)c(CC)c1CNC(C)C. The molecule has 1 fully saturated rings. The summed E-state index contributed by atoms with van der Waals surface area (Å²) in [5, 5.41) is 18.5. The molecule has 2 unspecified atom stereocenters. The fraction of sp³-hybridized carbons (Fsp3) is 0.812. The van der Waals surface area contributed by atoms with Crippen molar-refractivity contribution in [3.05, 3.63) is 17.0 Å². The second-order valence-corrected chi connectivity index (χ2v) is 6.12. The molecule has 0 amide bonds. The molecule has 1 aliphatic carbocycles. The van der Waals surface area contributed by atoms with Crippen molar-refractivity contribution in [1.29, 1.82) is 0 Å². The summed E-state index contributed by atoms with van der Waals surface area (Å²) >= 11 is 0. The number of nitrogens with zero attached hydrogens (tertiary/aromatic N) is 2. The van der Waals surface area contributed by atoms with Crippen molar-refractivity contribution in [2.75, 3.05) is 0 Å². The van der Waals surface area contributed by atoms with E-state index in [1.165, 1.54) is 17.0 Å². The van der Waals surface area contributed by atoms with Gasteiger partial charge in [-0.3, -0.25) is 4.68 Å². The lowest BCUT2D eigenvalue weighted by atomic mass is 10.1. The van der Waals surface area contributed by atoms with E-state index in [1.54, 1.807) is 0 Å². The number of aliphatic hydroxyl groups excluding tert-OH is 1. The maximum atomic E-state index is 10.2. The third-order valence-corrected chi connectivity index (χ3v) is 4.32.